The van der Waals surface area contributed by atoms with Crippen LogP contribution in [-0.2, 0) is 17.5 Å². The second-order valence-corrected chi connectivity index (χ2v) is 7.99. The molecule has 1 aromatic rings. The number of alkyl halides is 3. The van der Waals surface area contributed by atoms with Crippen LogP contribution in [0.4, 0.5) is 13.2 Å². The van der Waals surface area contributed by atoms with Crippen molar-refractivity contribution in [2.24, 2.45) is 11.8 Å². The van der Waals surface area contributed by atoms with Crippen molar-refractivity contribution in [3.05, 3.63) is 47.0 Å². The van der Waals surface area contributed by atoms with Gasteiger partial charge in [0.15, 0.2) is 0 Å². The molecule has 1 amide bonds. The molecule has 2 saturated carbocycles. The second-order valence-electron chi connectivity index (χ2n) is 7.99. The van der Waals surface area contributed by atoms with Crippen LogP contribution in [0, 0.1) is 11.8 Å². The van der Waals surface area contributed by atoms with Gasteiger partial charge in [-0.2, -0.15) is 13.2 Å². The van der Waals surface area contributed by atoms with Crippen molar-refractivity contribution in [2.75, 3.05) is 0 Å². The van der Waals surface area contributed by atoms with Crippen molar-refractivity contribution >= 4 is 5.91 Å². The van der Waals surface area contributed by atoms with Gasteiger partial charge in [-0.15, -0.1) is 0 Å². The third kappa shape index (κ3) is 3.67. The van der Waals surface area contributed by atoms with E-state index in [0.29, 0.717) is 17.4 Å². The second kappa shape index (κ2) is 6.75. The predicted molar refractivity (Wildman–Crippen MR) is 93.2 cm³/mol. The van der Waals surface area contributed by atoms with Crippen molar-refractivity contribution in [1.29, 1.82) is 0 Å². The van der Waals surface area contributed by atoms with E-state index in [1.54, 1.807) is 6.07 Å². The van der Waals surface area contributed by atoms with Gasteiger partial charge in [0, 0.05) is 18.2 Å². The van der Waals surface area contributed by atoms with E-state index in [2.05, 4.69) is 6.08 Å². The van der Waals surface area contributed by atoms with Gasteiger partial charge in [0.1, 0.15) is 0 Å². The Morgan fingerprint density at radius 3 is 2.69 bits per heavy atom. The molecule has 140 valence electrons. The Hall–Kier alpha value is -1.78. The van der Waals surface area contributed by atoms with E-state index in [1.165, 1.54) is 25.0 Å². The van der Waals surface area contributed by atoms with Gasteiger partial charge < -0.3 is 4.90 Å². The summed E-state index contributed by atoms with van der Waals surface area (Å²) in [7, 11) is 0. The highest BCUT2D eigenvalue weighted by molar-refractivity contribution is 5.94. The SMILES string of the molecule is O=C(C1=CCC2CCCC1C2)N(Cc1cccc(C(F)(F)F)c1)C1CC1. The number of benzene rings is 1. The molecule has 3 aliphatic rings. The Kier molecular flexibility index (Phi) is 4.57. The van der Waals surface area contributed by atoms with E-state index >= 15 is 0 Å². The summed E-state index contributed by atoms with van der Waals surface area (Å²) in [5.74, 6) is 1.11. The minimum atomic E-state index is -4.35. The highest BCUT2D eigenvalue weighted by Crippen LogP contribution is 2.42. The first kappa shape index (κ1) is 17.6. The lowest BCUT2D eigenvalue weighted by molar-refractivity contribution is -0.137. The minimum absolute atomic E-state index is 0.0512. The van der Waals surface area contributed by atoms with Gasteiger partial charge in [0.05, 0.1) is 5.56 Å². The molecule has 0 radical (unpaired) electrons. The third-order valence-electron chi connectivity index (χ3n) is 6.00. The van der Waals surface area contributed by atoms with Gasteiger partial charge in [0.2, 0.25) is 5.91 Å². The molecule has 2 unspecified atom stereocenters. The number of halogens is 3. The van der Waals surface area contributed by atoms with Crippen LogP contribution in [0.5, 0.6) is 0 Å². The Balaban J connectivity index is 1.54. The maximum absolute atomic E-state index is 13.2. The van der Waals surface area contributed by atoms with E-state index < -0.39 is 11.7 Å². The van der Waals surface area contributed by atoms with Gasteiger partial charge >= 0.3 is 6.18 Å². The molecule has 0 saturated heterocycles. The van der Waals surface area contributed by atoms with Crippen LogP contribution in [-0.4, -0.2) is 16.8 Å². The Labute approximate surface area is 152 Å². The largest absolute Gasteiger partial charge is 0.416 e. The number of allylic oxidation sites excluding steroid dienone is 1. The average molecular weight is 363 g/mol. The number of amides is 1. The van der Waals surface area contributed by atoms with E-state index in [1.807, 2.05) is 4.90 Å². The van der Waals surface area contributed by atoms with Crippen molar-refractivity contribution in [2.45, 2.75) is 63.7 Å². The lowest BCUT2D eigenvalue weighted by atomic mass is 9.72. The Morgan fingerprint density at radius 1 is 1.15 bits per heavy atom. The zero-order valence-electron chi connectivity index (χ0n) is 14.8. The molecule has 2 nitrogen and oxygen atoms in total. The summed E-state index contributed by atoms with van der Waals surface area (Å²) in [6.45, 7) is 0.265. The molecular weight excluding hydrogens is 339 g/mol. The number of nitrogens with zero attached hydrogens (tertiary/aromatic N) is 1. The zero-order valence-corrected chi connectivity index (χ0v) is 14.8. The molecule has 0 spiro atoms. The van der Waals surface area contributed by atoms with Gasteiger partial charge in [-0.25, -0.2) is 0 Å². The normalized spacial score (nSPS) is 25.6. The number of carbonyl (C=O) groups excluding carboxylic acids is 1. The Morgan fingerprint density at radius 2 is 1.96 bits per heavy atom. The first-order valence-electron chi connectivity index (χ1n) is 9.59. The summed E-state index contributed by atoms with van der Waals surface area (Å²) in [4.78, 5) is 15.0. The van der Waals surface area contributed by atoms with Gasteiger partial charge in [-0.3, -0.25) is 4.79 Å². The lowest BCUT2D eigenvalue weighted by Gasteiger charge is -2.36. The van der Waals surface area contributed by atoms with Gasteiger partial charge in [-0.05, 0) is 61.6 Å². The molecule has 26 heavy (non-hydrogen) atoms. The smallest absolute Gasteiger partial charge is 0.332 e. The first-order chi connectivity index (χ1) is 12.4. The monoisotopic (exact) mass is 363 g/mol. The maximum atomic E-state index is 13.2. The Bertz CT molecular complexity index is 720. The molecular formula is C21H24F3NO. The summed E-state index contributed by atoms with van der Waals surface area (Å²) in [6, 6.07) is 5.55. The summed E-state index contributed by atoms with van der Waals surface area (Å²) >= 11 is 0. The van der Waals surface area contributed by atoms with E-state index in [-0.39, 0.29) is 18.5 Å². The van der Waals surface area contributed by atoms with E-state index in [0.717, 1.165) is 43.7 Å². The molecule has 3 aliphatic carbocycles. The number of fused-ring (bicyclic) bond motifs is 2. The molecule has 5 heteroatoms. The molecule has 2 bridgehead atoms. The predicted octanol–water partition coefficient (Wildman–Crippen LogP) is 5.33. The van der Waals surface area contributed by atoms with Crippen molar-refractivity contribution in [3.63, 3.8) is 0 Å². The van der Waals surface area contributed by atoms with Crippen LogP contribution in [0.3, 0.4) is 0 Å². The van der Waals surface area contributed by atoms with Crippen LogP contribution < -0.4 is 0 Å². The number of rotatable bonds is 4. The molecule has 2 atom stereocenters. The molecule has 2 fully saturated rings. The lowest BCUT2D eigenvalue weighted by Crippen LogP contribution is -2.37. The first-order valence-corrected chi connectivity index (χ1v) is 9.59. The van der Waals surface area contributed by atoms with Gasteiger partial charge in [0.25, 0.3) is 0 Å². The molecule has 0 N–H and O–H groups in total. The van der Waals surface area contributed by atoms with Crippen molar-refractivity contribution in [1.82, 2.24) is 4.90 Å². The van der Waals surface area contributed by atoms with Crippen LogP contribution >= 0.6 is 0 Å². The fraction of sp³-hybridized carbons (Fsp3) is 0.571. The minimum Gasteiger partial charge on any atom is -0.332 e. The van der Waals surface area contributed by atoms with Crippen molar-refractivity contribution in [3.8, 4) is 0 Å². The highest BCUT2D eigenvalue weighted by Gasteiger charge is 2.38. The standard InChI is InChI=1S/C21H24F3NO/c22-21(23,24)17-6-2-4-15(12-17)13-25(18-8-9-18)20(26)19-10-7-14-3-1-5-16(19)11-14/h2,4,6,10,12,14,16,18H,1,3,5,7-9,11,13H2. The number of hydrogen-bond donors (Lipinski definition) is 0. The van der Waals surface area contributed by atoms with E-state index in [4.69, 9.17) is 0 Å². The summed E-state index contributed by atoms with van der Waals surface area (Å²) in [5.41, 5.74) is 0.822. The molecule has 0 heterocycles. The van der Waals surface area contributed by atoms with Crippen molar-refractivity contribution < 1.29 is 18.0 Å². The highest BCUT2D eigenvalue weighted by atomic mass is 19.4. The fourth-order valence-electron chi connectivity index (χ4n) is 4.47. The molecule has 1 aromatic carbocycles. The molecule has 0 aliphatic heterocycles. The number of carbonyl (C=O) groups is 1. The average Bonchev–Trinajstić information content (AvgIpc) is 3.44. The molecule has 0 aromatic heterocycles. The fourth-order valence-corrected chi connectivity index (χ4v) is 4.47. The topological polar surface area (TPSA) is 20.3 Å². The molecule has 4 rings (SSSR count). The summed E-state index contributed by atoms with van der Waals surface area (Å²) in [5, 5.41) is 0. The summed E-state index contributed by atoms with van der Waals surface area (Å²) in [6.07, 6.45) is 5.23. The van der Waals surface area contributed by atoms with E-state index in [9.17, 15) is 18.0 Å². The zero-order chi connectivity index (χ0) is 18.3. The quantitative estimate of drug-likeness (QED) is 0.708. The van der Waals surface area contributed by atoms with Crippen LogP contribution in [0.15, 0.2) is 35.9 Å². The van der Waals surface area contributed by atoms with Crippen LogP contribution in [0.25, 0.3) is 0 Å². The van der Waals surface area contributed by atoms with Crippen LogP contribution in [0.1, 0.15) is 56.1 Å². The maximum Gasteiger partial charge on any atom is 0.416 e. The summed E-state index contributed by atoms with van der Waals surface area (Å²) < 4.78 is 38.9. The van der Waals surface area contributed by atoms with Gasteiger partial charge in [-0.1, -0.05) is 31.1 Å². The third-order valence-corrected chi connectivity index (χ3v) is 6.00. The number of hydrogen-bond acceptors (Lipinski definition) is 1. The van der Waals surface area contributed by atoms with Crippen LogP contribution in [0.2, 0.25) is 0 Å².